The van der Waals surface area contributed by atoms with Gasteiger partial charge in [-0.3, -0.25) is 57.5 Å². The van der Waals surface area contributed by atoms with Crippen molar-refractivity contribution in [2.45, 2.75) is 176 Å². The molecule has 2 fully saturated rings. The number of ether oxygens (including phenoxy) is 2. The largest absolute Gasteiger partial charge is 0.481 e. The molecule has 0 aromatic heterocycles. The number of primary amides is 2. The van der Waals surface area contributed by atoms with Gasteiger partial charge in [0.25, 0.3) is 0 Å². The Kier molecular flexibility index (Phi) is 33.7. The topological polar surface area (TPSA) is 396 Å². The Bertz CT molecular complexity index is 2840. The highest BCUT2D eigenvalue weighted by atomic mass is 32.2. The maximum atomic E-state index is 14.9. The van der Waals surface area contributed by atoms with E-state index in [4.69, 9.17) is 26.7 Å². The van der Waals surface area contributed by atoms with E-state index in [1.807, 2.05) is 25.1 Å². The monoisotopic (exact) mass is 1340 g/mol. The number of nitrogens with zero attached hydrogens (tertiary/aromatic N) is 2. The van der Waals surface area contributed by atoms with E-state index in [9.17, 15) is 67.7 Å². The molecule has 3 aliphatic rings. The van der Waals surface area contributed by atoms with Gasteiger partial charge in [0.1, 0.15) is 42.6 Å². The zero-order chi connectivity index (χ0) is 67.1. The Balaban J connectivity index is 1.55. The average Bonchev–Trinajstić information content (AvgIpc) is 1.65. The molecule has 92 heavy (non-hydrogen) atoms. The minimum absolute atomic E-state index is 0.0319. The van der Waals surface area contributed by atoms with E-state index < -0.39 is 133 Å². The van der Waals surface area contributed by atoms with Crippen molar-refractivity contribution in [3.05, 3.63) is 70.8 Å². The van der Waals surface area contributed by atoms with Crippen molar-refractivity contribution in [3.8, 4) is 0 Å². The number of rotatable bonds is 30. The number of ketones is 3. The number of benzene rings is 2. The number of nitrogens with two attached hydrogens (primary N) is 3. The van der Waals surface area contributed by atoms with Crippen molar-refractivity contribution >= 4 is 106 Å². The molecular weight excluding hydrogens is 1250 g/mol. The fourth-order valence-corrected chi connectivity index (χ4v) is 14.2. The van der Waals surface area contributed by atoms with E-state index in [0.717, 1.165) is 29.5 Å². The molecule has 0 unspecified atom stereocenters. The molecule has 0 aliphatic carbocycles. The molecule has 8 amide bonds. The number of thioether (sulfide) groups is 3. The number of aliphatic carboxylic acids is 1. The normalized spacial score (nSPS) is 22.4. The third-order valence-corrected chi connectivity index (χ3v) is 19.4. The maximum absolute atomic E-state index is 14.9. The number of carboxylic acids is 1. The van der Waals surface area contributed by atoms with Crippen molar-refractivity contribution < 1.29 is 77.2 Å². The fourth-order valence-electron chi connectivity index (χ4n) is 11.2. The molecule has 0 saturated carbocycles. The van der Waals surface area contributed by atoms with Gasteiger partial charge >= 0.3 is 5.97 Å². The van der Waals surface area contributed by atoms with Crippen molar-refractivity contribution in [1.29, 1.82) is 0 Å². The highest BCUT2D eigenvalue weighted by molar-refractivity contribution is 7.99. The number of unbranched alkanes of at least 4 members (excludes halogenated alkanes) is 2. The minimum Gasteiger partial charge on any atom is -0.481 e. The van der Waals surface area contributed by atoms with Crippen LogP contribution in [-0.4, -0.2) is 196 Å². The van der Waals surface area contributed by atoms with Crippen LogP contribution in [0.4, 0.5) is 0 Å². The van der Waals surface area contributed by atoms with Gasteiger partial charge in [-0.25, -0.2) is 0 Å². The molecule has 2 saturated heterocycles. The number of hydrogen-bond donors (Lipinski definition) is 9. The lowest BCUT2D eigenvalue weighted by Crippen LogP contribution is -2.61. The number of nitrogens with one attached hydrogen (secondary N) is 4. The highest BCUT2D eigenvalue weighted by Gasteiger charge is 2.45. The molecule has 28 heteroatoms. The van der Waals surface area contributed by atoms with E-state index in [1.165, 1.54) is 40.2 Å². The second kappa shape index (κ2) is 40.6. The van der Waals surface area contributed by atoms with Gasteiger partial charge in [0.2, 0.25) is 47.3 Å². The fraction of sp³-hybridized carbons (Fsp3) is 0.625. The maximum Gasteiger partial charge on any atom is 0.305 e. The summed E-state index contributed by atoms with van der Waals surface area (Å²) in [6, 6.07) is 6.09. The number of amides is 8. The van der Waals surface area contributed by atoms with E-state index in [-0.39, 0.29) is 86.7 Å². The van der Waals surface area contributed by atoms with Gasteiger partial charge in [0, 0.05) is 80.5 Å². The summed E-state index contributed by atoms with van der Waals surface area (Å²) in [5.41, 5.74) is 19.7. The first-order valence-corrected chi connectivity index (χ1v) is 35.2. The van der Waals surface area contributed by atoms with Gasteiger partial charge in [-0.05, 0) is 86.3 Å². The number of aliphatic hydroxyl groups excluding tert-OH is 1. The third kappa shape index (κ3) is 26.2. The minimum atomic E-state index is -1.72. The molecule has 2 aromatic rings. The summed E-state index contributed by atoms with van der Waals surface area (Å²) in [7, 11) is 0. The highest BCUT2D eigenvalue weighted by Crippen LogP contribution is 2.31. The first kappa shape index (κ1) is 76.3. The molecule has 0 spiro atoms. The smallest absolute Gasteiger partial charge is 0.305 e. The Morgan fingerprint density at radius 3 is 2.05 bits per heavy atom. The summed E-state index contributed by atoms with van der Waals surface area (Å²) in [5.74, 6) is -8.82. The summed E-state index contributed by atoms with van der Waals surface area (Å²) in [5, 5.41) is 30.9. The molecule has 25 nitrogen and oxygen atoms in total. The first-order valence-electron chi connectivity index (χ1n) is 31.7. The zero-order valence-electron chi connectivity index (χ0n) is 52.8. The molecule has 3 heterocycles. The zero-order valence-corrected chi connectivity index (χ0v) is 55.2. The summed E-state index contributed by atoms with van der Waals surface area (Å²) in [6.07, 6.45) is 0.898. The predicted octanol–water partition coefficient (Wildman–Crippen LogP) is 2.24. The number of hydrogen-bond acceptors (Lipinski definition) is 19. The van der Waals surface area contributed by atoms with Crippen molar-refractivity contribution in [3.63, 3.8) is 0 Å². The second-order valence-electron chi connectivity index (χ2n) is 23.6. The van der Waals surface area contributed by atoms with E-state index in [1.54, 1.807) is 42.1 Å². The molecule has 0 radical (unpaired) electrons. The Labute approximate surface area is 550 Å². The van der Waals surface area contributed by atoms with Crippen molar-refractivity contribution in [2.75, 3.05) is 63.3 Å². The lowest BCUT2D eigenvalue weighted by Gasteiger charge is -2.33. The van der Waals surface area contributed by atoms with Gasteiger partial charge < -0.3 is 68.0 Å². The van der Waals surface area contributed by atoms with Crippen LogP contribution in [0.1, 0.15) is 132 Å². The Hall–Kier alpha value is -6.43. The standard InChI is InChI=1S/C64H93N9O16S3/c1-3-4-6-14-47(75)31-46-39-92-37-44-28-42(35-90-26-11-15-48(76)34-89-25-24-88-23-20-65)27-43(29-44)36-91-38-45(59(82)70-51(58(67)81)33-56(79)80)32-54(77)50(30-41-12-7-5-8-13-41)69-60(83)49(18-19-55(66)78)68-62(85)57(40(2)74)71-61(84)52-16-9-21-72(52)64(87)53-17-10-22-73(53)63(46)86/h5,7-8,12-13,27-29,40,45-46,49-53,57,74H,3-4,6,9-11,14-26,30-39,65H2,1-2H3,(H2,66,78)(H2,67,81)(H,68,85)(H,69,83)(H,70,82)(H,71,84)(H,79,80)/t40-,45+,46+,49+,50+,51+,52+,53+,57+/m1/s1. The third-order valence-electron chi connectivity index (χ3n) is 16.0. The molecule has 508 valence electrons. The molecule has 2 aromatic carbocycles. The van der Waals surface area contributed by atoms with E-state index in [0.29, 0.717) is 81.1 Å². The first-order chi connectivity index (χ1) is 44.1. The van der Waals surface area contributed by atoms with Gasteiger partial charge in [-0.2, -0.15) is 35.3 Å². The van der Waals surface area contributed by atoms with Crippen LogP contribution in [0.2, 0.25) is 0 Å². The van der Waals surface area contributed by atoms with Crippen LogP contribution in [-0.2, 0) is 90.7 Å². The molecule has 9 atom stereocenters. The number of Topliss-reactive ketones (excluding diaryl/α,β-unsaturated/α-hetero) is 3. The van der Waals surface area contributed by atoms with E-state index >= 15 is 0 Å². The van der Waals surface area contributed by atoms with Crippen LogP contribution < -0.4 is 38.5 Å². The summed E-state index contributed by atoms with van der Waals surface area (Å²) >= 11 is 4.34. The molecule has 2 bridgehead atoms. The number of fused-ring (bicyclic) bond motifs is 4. The van der Waals surface area contributed by atoms with Crippen molar-refractivity contribution in [2.24, 2.45) is 29.0 Å². The molecule has 3 aliphatic heterocycles. The Morgan fingerprint density at radius 2 is 1.40 bits per heavy atom. The van der Waals surface area contributed by atoms with Gasteiger partial charge in [-0.15, -0.1) is 0 Å². The predicted molar refractivity (Wildman–Crippen MR) is 349 cm³/mol. The van der Waals surface area contributed by atoms with Crippen molar-refractivity contribution in [1.82, 2.24) is 31.1 Å². The van der Waals surface area contributed by atoms with Crippen LogP contribution >= 0.6 is 35.3 Å². The van der Waals surface area contributed by atoms with Gasteiger partial charge in [0.05, 0.1) is 50.2 Å². The summed E-state index contributed by atoms with van der Waals surface area (Å²) in [6.45, 7) is 5.01. The van der Waals surface area contributed by atoms with Crippen LogP contribution in [0.5, 0.6) is 0 Å². The van der Waals surface area contributed by atoms with Crippen LogP contribution in [0.3, 0.4) is 0 Å². The van der Waals surface area contributed by atoms with Gasteiger partial charge in [0.15, 0.2) is 11.6 Å². The lowest BCUT2D eigenvalue weighted by atomic mass is 9.94. The second-order valence-corrected chi connectivity index (χ2v) is 26.8. The van der Waals surface area contributed by atoms with Crippen LogP contribution in [0, 0.1) is 11.8 Å². The molecule has 12 N–H and O–H groups in total. The lowest BCUT2D eigenvalue weighted by molar-refractivity contribution is -0.148. The van der Waals surface area contributed by atoms with Gasteiger partial charge in [-0.1, -0.05) is 68.3 Å². The quantitative estimate of drug-likeness (QED) is 0.0506. The SMILES string of the molecule is CCCCCC(=O)C[C@H]1CSCc2cc(CSCCCC(=O)COCCOCCN)cc(c2)CSC[C@@H](C(=O)N[C@@H](CC(=O)O)C(N)=O)CC(=O)[C@H](Cc2ccccc2)NC(=O)[C@H](CCC(N)=O)NC(=O)[C@H]([C@@H](C)O)NC(=O)[C@@H]2CCCN2C(=O)[C@@H]2CCCN2C1=O. The van der Waals surface area contributed by atoms with Crippen LogP contribution in [0.25, 0.3) is 0 Å². The number of aliphatic hydroxyl groups is 1. The van der Waals surface area contributed by atoms with Crippen LogP contribution in [0.15, 0.2) is 48.5 Å². The average molecular weight is 1340 g/mol. The molecular formula is C64H93N9O16S3. The number of carboxylic acid groups (broad SMARTS) is 1. The van der Waals surface area contributed by atoms with E-state index in [2.05, 4.69) is 21.3 Å². The molecule has 5 rings (SSSR count). The Morgan fingerprint density at radius 1 is 0.750 bits per heavy atom. The number of carbonyl (C=O) groups excluding carboxylic acids is 11. The summed E-state index contributed by atoms with van der Waals surface area (Å²) in [4.78, 5) is 168. The number of carbonyl (C=O) groups is 12. The summed E-state index contributed by atoms with van der Waals surface area (Å²) < 4.78 is 10.8.